The molecule has 2 unspecified atom stereocenters. The van der Waals surface area contributed by atoms with Crippen molar-refractivity contribution in [1.29, 1.82) is 0 Å². The molecule has 0 aliphatic heterocycles. The van der Waals surface area contributed by atoms with Gasteiger partial charge in [-0.15, -0.1) is 0 Å². The summed E-state index contributed by atoms with van der Waals surface area (Å²) in [5.41, 5.74) is 0. The van der Waals surface area contributed by atoms with E-state index in [-0.39, 0.29) is 19.4 Å². The van der Waals surface area contributed by atoms with Crippen LogP contribution in [-0.4, -0.2) is 65.7 Å². The lowest BCUT2D eigenvalue weighted by atomic mass is 10.1. The number of aliphatic hydroxyl groups is 2. The van der Waals surface area contributed by atoms with Crippen LogP contribution in [0.2, 0.25) is 0 Å². The second-order valence-electron chi connectivity index (χ2n) is 13.7. The molecule has 3 N–H and O–H groups in total. The molecule has 0 bridgehead atoms. The van der Waals surface area contributed by atoms with E-state index in [0.29, 0.717) is 12.8 Å². The fourth-order valence-electron chi connectivity index (χ4n) is 5.28. The van der Waals surface area contributed by atoms with Crippen LogP contribution < -0.4 is 0 Å². The van der Waals surface area contributed by atoms with Crippen molar-refractivity contribution in [2.24, 2.45) is 0 Å². The van der Waals surface area contributed by atoms with Gasteiger partial charge < -0.3 is 24.6 Å². The first-order valence-corrected chi connectivity index (χ1v) is 22.3. The quantitative estimate of drug-likeness (QED) is 0.0239. The summed E-state index contributed by atoms with van der Waals surface area (Å²) >= 11 is 0. The maximum atomic E-state index is 12.6. The number of carbonyl (C=O) groups is 2. The normalized spacial score (nSPS) is 14.5. The van der Waals surface area contributed by atoms with E-state index in [1.165, 1.54) is 44.9 Å². The first-order valence-electron chi connectivity index (χ1n) is 20.8. The minimum absolute atomic E-state index is 0.155. The highest BCUT2D eigenvalue weighted by molar-refractivity contribution is 7.47. The molecule has 0 spiro atoms. The van der Waals surface area contributed by atoms with Gasteiger partial charge in [0.2, 0.25) is 0 Å². The molecule has 3 atom stereocenters. The Morgan fingerprint density at radius 1 is 0.574 bits per heavy atom. The first kappa shape index (κ1) is 51.7. The number of hydrogen-bond acceptors (Lipinski definition) is 9. The number of hydrogen-bond donors (Lipinski definition) is 3. The number of phosphoric ester groups is 1. The molecule has 0 aliphatic rings. The number of esters is 2. The summed E-state index contributed by atoms with van der Waals surface area (Å²) < 4.78 is 32.6. The number of rotatable bonds is 38. The van der Waals surface area contributed by atoms with Crippen molar-refractivity contribution in [3.8, 4) is 0 Å². The number of allylic oxidation sites excluding steroid dienone is 10. The Morgan fingerprint density at radius 2 is 1.02 bits per heavy atom. The van der Waals surface area contributed by atoms with Crippen molar-refractivity contribution in [3.05, 3.63) is 60.8 Å². The van der Waals surface area contributed by atoms with Crippen LogP contribution in [0.25, 0.3) is 0 Å². The SMILES string of the molecule is CC/C=C/C=C/C=C/CCCCCCCC(=O)OC(COC(=O)CCCCCCC/C=C/C=C/CCCCCCCCC)COP(=O)(O)OC[C@H](O)CO. The standard InChI is InChI=1S/C43H75O10P/c1-3-5-7-9-11-13-15-17-18-19-20-21-23-24-26-28-30-32-34-42(46)50-38-41(39-52-54(48,49)51-37-40(45)36-44)53-43(47)35-33-31-29-27-25-22-16-14-12-10-8-6-4-2/h6,8,10,12,14,16,18-21,40-41,44-45H,3-5,7,9,11,13,15,17,22-39H2,1-2H3,(H,48,49)/b8-6+,12-10+,16-14+,19-18+,21-20+/t40-,41?/m1/s1. The lowest BCUT2D eigenvalue weighted by Crippen LogP contribution is -2.29. The van der Waals surface area contributed by atoms with Crippen LogP contribution in [0.15, 0.2) is 60.8 Å². The molecule has 0 rings (SSSR count). The van der Waals surface area contributed by atoms with E-state index in [1.54, 1.807) is 0 Å². The highest BCUT2D eigenvalue weighted by atomic mass is 31.2. The van der Waals surface area contributed by atoms with E-state index in [9.17, 15) is 24.2 Å². The third-order valence-corrected chi connectivity index (χ3v) is 9.45. The number of carbonyl (C=O) groups excluding carboxylic acids is 2. The Labute approximate surface area is 327 Å². The fraction of sp³-hybridized carbons (Fsp3) is 0.721. The molecule has 0 heterocycles. The van der Waals surface area contributed by atoms with Crippen molar-refractivity contribution in [1.82, 2.24) is 0 Å². The summed E-state index contributed by atoms with van der Waals surface area (Å²) in [5.74, 6) is -0.971. The predicted octanol–water partition coefficient (Wildman–Crippen LogP) is 10.7. The lowest BCUT2D eigenvalue weighted by Gasteiger charge is -2.20. The molecule has 0 saturated carbocycles. The van der Waals surface area contributed by atoms with Crippen LogP contribution >= 0.6 is 7.82 Å². The summed E-state index contributed by atoms with van der Waals surface area (Å²) in [4.78, 5) is 34.9. The lowest BCUT2D eigenvalue weighted by molar-refractivity contribution is -0.161. The molecule has 312 valence electrons. The van der Waals surface area contributed by atoms with Crippen LogP contribution in [0, 0.1) is 0 Å². The molecule has 0 fully saturated rings. The molecule has 54 heavy (non-hydrogen) atoms. The first-order chi connectivity index (χ1) is 26.2. The molecular formula is C43H75O10P. The molecule has 10 nitrogen and oxygen atoms in total. The van der Waals surface area contributed by atoms with Crippen molar-refractivity contribution < 1.29 is 47.8 Å². The van der Waals surface area contributed by atoms with Gasteiger partial charge >= 0.3 is 19.8 Å². The maximum Gasteiger partial charge on any atom is 0.472 e. The van der Waals surface area contributed by atoms with Gasteiger partial charge in [0.05, 0.1) is 19.8 Å². The molecule has 11 heteroatoms. The zero-order valence-corrected chi connectivity index (χ0v) is 34.6. The van der Waals surface area contributed by atoms with Gasteiger partial charge in [-0.3, -0.25) is 18.6 Å². The molecule has 0 aromatic rings. The van der Waals surface area contributed by atoms with Gasteiger partial charge in [-0.1, -0.05) is 152 Å². The Kier molecular flexibility index (Phi) is 37.2. The minimum Gasteiger partial charge on any atom is -0.462 e. The summed E-state index contributed by atoms with van der Waals surface area (Å²) in [5, 5.41) is 18.3. The molecule has 0 aromatic heterocycles. The molecule has 0 amide bonds. The zero-order valence-electron chi connectivity index (χ0n) is 33.7. The summed E-state index contributed by atoms with van der Waals surface area (Å²) in [7, 11) is -4.63. The average Bonchev–Trinajstić information content (AvgIpc) is 3.16. The zero-order chi connectivity index (χ0) is 39.8. The van der Waals surface area contributed by atoms with Gasteiger partial charge in [0.15, 0.2) is 6.10 Å². The summed E-state index contributed by atoms with van der Waals surface area (Å²) in [6.45, 7) is 2.18. The molecule has 0 aromatic carbocycles. The topological polar surface area (TPSA) is 149 Å². The van der Waals surface area contributed by atoms with E-state index in [1.807, 2.05) is 24.3 Å². The second kappa shape index (κ2) is 38.9. The number of unbranched alkanes of at least 4 members (excludes halogenated alkanes) is 17. The Balaban J connectivity index is 4.36. The molecule has 0 radical (unpaired) electrons. The van der Waals surface area contributed by atoms with E-state index < -0.39 is 51.8 Å². The van der Waals surface area contributed by atoms with Crippen LogP contribution in [0.1, 0.15) is 162 Å². The van der Waals surface area contributed by atoms with E-state index >= 15 is 0 Å². The number of aliphatic hydroxyl groups excluding tert-OH is 2. The van der Waals surface area contributed by atoms with Crippen molar-refractivity contribution in [2.45, 2.75) is 174 Å². The minimum atomic E-state index is -4.63. The largest absolute Gasteiger partial charge is 0.472 e. The smallest absolute Gasteiger partial charge is 0.462 e. The van der Waals surface area contributed by atoms with Gasteiger partial charge in [-0.25, -0.2) is 4.57 Å². The van der Waals surface area contributed by atoms with Crippen LogP contribution in [0.4, 0.5) is 0 Å². The third kappa shape index (κ3) is 38.0. The van der Waals surface area contributed by atoms with Crippen molar-refractivity contribution in [3.63, 3.8) is 0 Å². The highest BCUT2D eigenvalue weighted by Gasteiger charge is 2.27. The third-order valence-electron chi connectivity index (χ3n) is 8.49. The van der Waals surface area contributed by atoms with Gasteiger partial charge in [0.25, 0.3) is 0 Å². The second-order valence-corrected chi connectivity index (χ2v) is 15.2. The Hall–Kier alpha value is -2.33. The Morgan fingerprint density at radius 3 is 1.54 bits per heavy atom. The van der Waals surface area contributed by atoms with Crippen LogP contribution in [0.3, 0.4) is 0 Å². The van der Waals surface area contributed by atoms with Gasteiger partial charge in [-0.05, 0) is 57.8 Å². The van der Waals surface area contributed by atoms with Crippen molar-refractivity contribution in [2.75, 3.05) is 26.4 Å². The molecule has 0 aliphatic carbocycles. The fourth-order valence-corrected chi connectivity index (χ4v) is 6.07. The molecule has 0 saturated heterocycles. The average molecular weight is 783 g/mol. The number of ether oxygens (including phenoxy) is 2. The van der Waals surface area contributed by atoms with E-state index in [2.05, 4.69) is 54.8 Å². The summed E-state index contributed by atoms with van der Waals surface area (Å²) in [6.07, 6.45) is 41.9. The number of phosphoric acid groups is 1. The van der Waals surface area contributed by atoms with E-state index in [4.69, 9.17) is 19.1 Å². The van der Waals surface area contributed by atoms with E-state index in [0.717, 1.165) is 77.0 Å². The van der Waals surface area contributed by atoms with Gasteiger partial charge in [0.1, 0.15) is 12.7 Å². The highest BCUT2D eigenvalue weighted by Crippen LogP contribution is 2.43. The van der Waals surface area contributed by atoms with Crippen LogP contribution in [-0.2, 0) is 32.7 Å². The van der Waals surface area contributed by atoms with Gasteiger partial charge in [-0.2, -0.15) is 0 Å². The maximum absolute atomic E-state index is 12.6. The van der Waals surface area contributed by atoms with Crippen LogP contribution in [0.5, 0.6) is 0 Å². The monoisotopic (exact) mass is 783 g/mol. The van der Waals surface area contributed by atoms with Crippen molar-refractivity contribution >= 4 is 19.8 Å². The molecular weight excluding hydrogens is 707 g/mol. The Bertz CT molecular complexity index is 1080. The predicted molar refractivity (Wildman–Crippen MR) is 219 cm³/mol. The van der Waals surface area contributed by atoms with Gasteiger partial charge in [0, 0.05) is 12.8 Å². The summed E-state index contributed by atoms with van der Waals surface area (Å²) in [6, 6.07) is 0.